The number of hydrogen-bond donors (Lipinski definition) is 2. The topological polar surface area (TPSA) is 64.1 Å². The van der Waals surface area contributed by atoms with Gasteiger partial charge in [0, 0.05) is 12.7 Å². The predicted octanol–water partition coefficient (Wildman–Crippen LogP) is 2.41. The van der Waals surface area contributed by atoms with Crippen LogP contribution in [-0.4, -0.2) is 21.5 Å². The molecule has 0 bridgehead atoms. The Hall–Kier alpha value is -1.07. The molecule has 6 heteroatoms. The zero-order valence-electron chi connectivity index (χ0n) is 10.7. The van der Waals surface area contributed by atoms with Crippen LogP contribution < -0.4 is 5.73 Å². The van der Waals surface area contributed by atoms with Gasteiger partial charge in [-0.2, -0.15) is 5.10 Å². The van der Waals surface area contributed by atoms with Gasteiger partial charge in [0.2, 0.25) is 0 Å². The van der Waals surface area contributed by atoms with Crippen LogP contribution in [-0.2, 0) is 6.54 Å². The summed E-state index contributed by atoms with van der Waals surface area (Å²) in [7, 11) is 0. The number of aliphatic hydroxyl groups is 1. The standard InChI is InChI=1S/C13H17N3O.2ClH/c1-2-16-13(7-8-15-16)11-5-3-10(4-6-11)12(14)9-17;;/h3-8,12,17H,2,9,14H2,1H3;2*1H/t12-;;/m0../s1. The second kappa shape index (κ2) is 8.17. The van der Waals surface area contributed by atoms with E-state index in [2.05, 4.69) is 12.0 Å². The first-order valence-electron chi connectivity index (χ1n) is 5.75. The van der Waals surface area contributed by atoms with Crippen molar-refractivity contribution < 1.29 is 5.11 Å². The fraction of sp³-hybridized carbons (Fsp3) is 0.308. The Morgan fingerprint density at radius 1 is 1.21 bits per heavy atom. The number of hydrogen-bond acceptors (Lipinski definition) is 3. The lowest BCUT2D eigenvalue weighted by molar-refractivity contribution is 0.268. The van der Waals surface area contributed by atoms with Gasteiger partial charge in [0.25, 0.3) is 0 Å². The molecule has 0 aliphatic rings. The normalized spacial score (nSPS) is 11.3. The van der Waals surface area contributed by atoms with Gasteiger partial charge in [-0.3, -0.25) is 4.68 Å². The molecule has 2 aromatic rings. The molecule has 0 saturated heterocycles. The fourth-order valence-corrected chi connectivity index (χ4v) is 1.84. The Labute approximate surface area is 125 Å². The molecule has 1 aromatic carbocycles. The number of rotatable bonds is 4. The summed E-state index contributed by atoms with van der Waals surface area (Å²) in [6.07, 6.45) is 1.80. The largest absolute Gasteiger partial charge is 0.394 e. The lowest BCUT2D eigenvalue weighted by Gasteiger charge is -2.10. The minimum Gasteiger partial charge on any atom is -0.394 e. The predicted molar refractivity (Wildman–Crippen MR) is 81.8 cm³/mol. The minimum absolute atomic E-state index is 0. The molecule has 0 spiro atoms. The second-order valence-corrected chi connectivity index (χ2v) is 3.94. The van der Waals surface area contributed by atoms with Crippen LogP contribution in [0.15, 0.2) is 36.5 Å². The maximum Gasteiger partial charge on any atom is 0.0682 e. The Kier molecular flexibility index (Phi) is 7.71. The summed E-state index contributed by atoms with van der Waals surface area (Å²) in [5.41, 5.74) is 8.90. The summed E-state index contributed by atoms with van der Waals surface area (Å²) in [4.78, 5) is 0. The molecule has 1 heterocycles. The highest BCUT2D eigenvalue weighted by atomic mass is 35.5. The molecule has 4 nitrogen and oxygen atoms in total. The average Bonchev–Trinajstić information content (AvgIpc) is 2.86. The number of nitrogens with zero attached hydrogens (tertiary/aromatic N) is 2. The van der Waals surface area contributed by atoms with E-state index in [1.807, 2.05) is 35.0 Å². The van der Waals surface area contributed by atoms with Gasteiger partial charge < -0.3 is 10.8 Å². The van der Waals surface area contributed by atoms with E-state index in [4.69, 9.17) is 10.8 Å². The van der Waals surface area contributed by atoms with Crippen molar-refractivity contribution in [1.82, 2.24) is 9.78 Å². The van der Waals surface area contributed by atoms with Crippen molar-refractivity contribution in [2.24, 2.45) is 5.73 Å². The van der Waals surface area contributed by atoms with Gasteiger partial charge in [-0.25, -0.2) is 0 Å². The third kappa shape index (κ3) is 3.94. The van der Waals surface area contributed by atoms with E-state index in [1.165, 1.54) is 0 Å². The summed E-state index contributed by atoms with van der Waals surface area (Å²) in [6, 6.07) is 9.60. The quantitative estimate of drug-likeness (QED) is 0.911. The van der Waals surface area contributed by atoms with Gasteiger partial charge in [0.15, 0.2) is 0 Å². The summed E-state index contributed by atoms with van der Waals surface area (Å²) in [5.74, 6) is 0. The first-order chi connectivity index (χ1) is 8.26. The first kappa shape index (κ1) is 17.9. The van der Waals surface area contributed by atoms with Crippen LogP contribution in [0.3, 0.4) is 0 Å². The van der Waals surface area contributed by atoms with E-state index >= 15 is 0 Å². The van der Waals surface area contributed by atoms with Crippen LogP contribution in [0.2, 0.25) is 0 Å². The lowest BCUT2D eigenvalue weighted by atomic mass is 10.0. The van der Waals surface area contributed by atoms with Crippen molar-refractivity contribution in [3.63, 3.8) is 0 Å². The van der Waals surface area contributed by atoms with Crippen LogP contribution in [0.5, 0.6) is 0 Å². The first-order valence-corrected chi connectivity index (χ1v) is 5.75. The van der Waals surface area contributed by atoms with Gasteiger partial charge in [0.1, 0.15) is 0 Å². The summed E-state index contributed by atoms with van der Waals surface area (Å²) < 4.78 is 1.95. The molecule has 1 aromatic heterocycles. The van der Waals surface area contributed by atoms with Gasteiger partial charge in [0.05, 0.1) is 18.3 Å². The SMILES string of the molecule is CCn1nccc1-c1ccc([C@@H](N)CO)cc1.Cl.Cl. The van der Waals surface area contributed by atoms with Crippen molar-refractivity contribution in [1.29, 1.82) is 0 Å². The molecule has 3 N–H and O–H groups in total. The van der Waals surface area contributed by atoms with Gasteiger partial charge in [-0.05, 0) is 24.1 Å². The van der Waals surface area contributed by atoms with Crippen molar-refractivity contribution in [3.8, 4) is 11.3 Å². The second-order valence-electron chi connectivity index (χ2n) is 3.94. The van der Waals surface area contributed by atoms with E-state index in [0.29, 0.717) is 0 Å². The van der Waals surface area contributed by atoms with Crippen molar-refractivity contribution >= 4 is 24.8 Å². The van der Waals surface area contributed by atoms with Crippen LogP contribution in [0.25, 0.3) is 11.3 Å². The van der Waals surface area contributed by atoms with Crippen molar-refractivity contribution in [2.75, 3.05) is 6.61 Å². The molecule has 0 unspecified atom stereocenters. The molecule has 19 heavy (non-hydrogen) atoms. The molecule has 1 atom stereocenters. The molecule has 0 radical (unpaired) electrons. The maximum absolute atomic E-state index is 8.98. The summed E-state index contributed by atoms with van der Waals surface area (Å²) in [5, 5.41) is 13.2. The molecule has 2 rings (SSSR count). The molecule has 106 valence electrons. The number of benzene rings is 1. The zero-order chi connectivity index (χ0) is 12.3. The van der Waals surface area contributed by atoms with Crippen LogP contribution in [0, 0.1) is 0 Å². The number of aromatic nitrogens is 2. The molecule has 0 fully saturated rings. The monoisotopic (exact) mass is 303 g/mol. The third-order valence-electron chi connectivity index (χ3n) is 2.85. The highest BCUT2D eigenvalue weighted by Gasteiger charge is 2.06. The number of aryl methyl sites for hydroxylation is 1. The van der Waals surface area contributed by atoms with Crippen LogP contribution in [0.4, 0.5) is 0 Å². The molecular formula is C13H19Cl2N3O. The van der Waals surface area contributed by atoms with E-state index < -0.39 is 0 Å². The minimum atomic E-state index is -0.305. The molecule has 0 saturated carbocycles. The Bertz CT molecular complexity index is 485. The van der Waals surface area contributed by atoms with E-state index in [-0.39, 0.29) is 37.5 Å². The van der Waals surface area contributed by atoms with Crippen LogP contribution in [0.1, 0.15) is 18.5 Å². The smallest absolute Gasteiger partial charge is 0.0682 e. The molecule has 0 aliphatic heterocycles. The van der Waals surface area contributed by atoms with Gasteiger partial charge >= 0.3 is 0 Å². The third-order valence-corrected chi connectivity index (χ3v) is 2.85. The lowest BCUT2D eigenvalue weighted by Crippen LogP contribution is -2.14. The van der Waals surface area contributed by atoms with Crippen molar-refractivity contribution in [3.05, 3.63) is 42.1 Å². The van der Waals surface area contributed by atoms with E-state index in [1.54, 1.807) is 6.20 Å². The molecular weight excluding hydrogens is 285 g/mol. The summed E-state index contributed by atoms with van der Waals surface area (Å²) in [6.45, 7) is 2.87. The zero-order valence-corrected chi connectivity index (χ0v) is 12.3. The van der Waals surface area contributed by atoms with Gasteiger partial charge in [-0.15, -0.1) is 24.8 Å². The highest BCUT2D eigenvalue weighted by molar-refractivity contribution is 5.85. The molecule has 0 amide bonds. The van der Waals surface area contributed by atoms with Crippen molar-refractivity contribution in [2.45, 2.75) is 19.5 Å². The fourth-order valence-electron chi connectivity index (χ4n) is 1.84. The van der Waals surface area contributed by atoms with Gasteiger partial charge in [-0.1, -0.05) is 24.3 Å². The Balaban J connectivity index is 0.00000162. The van der Waals surface area contributed by atoms with Crippen LogP contribution >= 0.6 is 24.8 Å². The molecule has 0 aliphatic carbocycles. The number of aliphatic hydroxyl groups excluding tert-OH is 1. The average molecular weight is 304 g/mol. The maximum atomic E-state index is 8.98. The summed E-state index contributed by atoms with van der Waals surface area (Å²) >= 11 is 0. The highest BCUT2D eigenvalue weighted by Crippen LogP contribution is 2.21. The number of nitrogens with two attached hydrogens (primary N) is 1. The number of halogens is 2. The van der Waals surface area contributed by atoms with E-state index in [0.717, 1.165) is 23.4 Å². The Morgan fingerprint density at radius 2 is 1.84 bits per heavy atom. The van der Waals surface area contributed by atoms with E-state index in [9.17, 15) is 0 Å². The Morgan fingerprint density at radius 3 is 2.37 bits per heavy atom.